The zero-order chi connectivity index (χ0) is 42.8. The number of anilines is 1. The van der Waals surface area contributed by atoms with Crippen molar-refractivity contribution in [1.29, 1.82) is 0 Å². The minimum Gasteiger partial charge on any atom is -0.748 e. The maximum atomic E-state index is 12.4. The van der Waals surface area contributed by atoms with E-state index in [1.165, 1.54) is 0 Å². The maximum Gasteiger partial charge on any atom is 1.00 e. The van der Waals surface area contributed by atoms with Gasteiger partial charge in [0, 0.05) is 72.5 Å². The molecule has 0 atom stereocenters. The largest absolute Gasteiger partial charge is 1.00 e. The van der Waals surface area contributed by atoms with Crippen LogP contribution in [0.4, 0.5) is 11.4 Å². The summed E-state index contributed by atoms with van der Waals surface area (Å²) in [4.78, 5) is 42.9. The molecular weight excluding hydrogens is 893 g/mol. The number of amides is 2. The second-order valence-corrected chi connectivity index (χ2v) is 20.1. The quantitative estimate of drug-likeness (QED) is 0.0511. The van der Waals surface area contributed by atoms with Crippen LogP contribution in [0.15, 0.2) is 60.3 Å². The second-order valence-electron chi connectivity index (χ2n) is 15.8. The molecule has 60 heavy (non-hydrogen) atoms. The van der Waals surface area contributed by atoms with Crippen molar-refractivity contribution in [2.75, 3.05) is 23.7 Å². The van der Waals surface area contributed by atoms with Crippen LogP contribution in [0.5, 0.6) is 0 Å². The van der Waals surface area contributed by atoms with Crippen molar-refractivity contribution in [1.82, 2.24) is 5.06 Å². The summed E-state index contributed by atoms with van der Waals surface area (Å²) in [5.74, 6) is -3.68. The van der Waals surface area contributed by atoms with E-state index >= 15 is 0 Å². The summed E-state index contributed by atoms with van der Waals surface area (Å²) in [6, 6.07) is 10.1. The van der Waals surface area contributed by atoms with Gasteiger partial charge in [-0.15, -0.1) is 5.06 Å². The Morgan fingerprint density at radius 2 is 1.35 bits per heavy atom. The molecule has 0 saturated carbocycles. The number of hydroxylamine groups is 2. The molecule has 21 heteroatoms. The van der Waals surface area contributed by atoms with Crippen LogP contribution >= 0.6 is 0 Å². The Labute approximate surface area is 437 Å². The number of carbonyl (C=O) groups is 3. The van der Waals surface area contributed by atoms with Crippen molar-refractivity contribution >= 4 is 65.2 Å². The summed E-state index contributed by atoms with van der Waals surface area (Å²) in [6.45, 7) is 8.67. The van der Waals surface area contributed by atoms with Gasteiger partial charge in [-0.2, -0.15) is 4.58 Å². The van der Waals surface area contributed by atoms with E-state index in [0.717, 1.165) is 33.9 Å². The molecule has 2 aromatic carbocycles. The number of nitrogens with zero attached hydrogens (tertiary/aromatic N) is 3. The van der Waals surface area contributed by atoms with E-state index in [1.54, 1.807) is 36.4 Å². The van der Waals surface area contributed by atoms with Crippen molar-refractivity contribution in [3.8, 4) is 0 Å². The van der Waals surface area contributed by atoms with Gasteiger partial charge in [-0.05, 0) is 74.4 Å². The van der Waals surface area contributed by atoms with Gasteiger partial charge in [0.05, 0.1) is 47.3 Å². The number of imide groups is 1. The molecule has 1 fully saturated rings. The number of unbranched alkanes of at least 4 members (excludes halogenated alkanes) is 3. The molecule has 1 saturated heterocycles. The smallest absolute Gasteiger partial charge is 0.748 e. The molecule has 16 nitrogen and oxygen atoms in total. The monoisotopic (exact) mass is 939 g/mol. The van der Waals surface area contributed by atoms with Crippen LogP contribution in [-0.4, -0.2) is 90.9 Å². The summed E-state index contributed by atoms with van der Waals surface area (Å²) in [5.41, 5.74) is 4.02. The Morgan fingerprint density at radius 3 is 1.93 bits per heavy atom. The molecule has 2 amide bonds. The van der Waals surface area contributed by atoms with Crippen LogP contribution in [0.2, 0.25) is 0 Å². The van der Waals surface area contributed by atoms with Gasteiger partial charge in [-0.3, -0.25) is 9.59 Å². The first-order chi connectivity index (χ1) is 26.9. The van der Waals surface area contributed by atoms with Crippen LogP contribution in [0.25, 0.3) is 0 Å². The summed E-state index contributed by atoms with van der Waals surface area (Å²) in [6.07, 6.45) is 7.77. The standard InChI is InChI=1S/C39H49N3O13S3.2K/c1-38(2)29-23-27(25-57(49,50)51)14-16-31(29)40(20-7-5-6-13-37(45)55-42-35(43)18-19-36(42)44)33(38)11-10-12-34-39(3,4)30-24-28(26-58(52,53)54)15-17-32(30)41(34)21-8-9-22-56(46,47)48;;/h10-12,14-17,23-24H,5-9,13,18-22,25-26H2,1-4H3,(H2-,46,47,48,49,50,51,52,53,54);;/q;2*+1/p-2. The van der Waals surface area contributed by atoms with Crippen LogP contribution in [0.1, 0.15) is 101 Å². The van der Waals surface area contributed by atoms with Gasteiger partial charge in [-0.25, -0.2) is 30.0 Å². The van der Waals surface area contributed by atoms with Gasteiger partial charge >= 0.3 is 109 Å². The first-order valence-corrected chi connectivity index (χ1v) is 23.6. The van der Waals surface area contributed by atoms with Crippen LogP contribution < -0.4 is 108 Å². The topological polar surface area (TPSA) is 242 Å². The third-order valence-electron chi connectivity index (χ3n) is 10.6. The molecule has 0 unspecified atom stereocenters. The normalized spacial score (nSPS) is 17.9. The average Bonchev–Trinajstić information content (AvgIpc) is 3.59. The predicted molar refractivity (Wildman–Crippen MR) is 210 cm³/mol. The average molecular weight is 940 g/mol. The molecule has 2 aromatic rings. The number of carbonyl (C=O) groups excluding carboxylic acids is 3. The Hall–Kier alpha value is -0.997. The fraction of sp³-hybridized carbons (Fsp3) is 0.487. The maximum absolute atomic E-state index is 12.4. The van der Waals surface area contributed by atoms with Crippen molar-refractivity contribution in [2.45, 2.75) is 101 Å². The molecule has 3 aliphatic rings. The summed E-state index contributed by atoms with van der Waals surface area (Å²) < 4.78 is 106. The first kappa shape index (κ1) is 53.3. The molecule has 3 heterocycles. The van der Waals surface area contributed by atoms with Gasteiger partial charge in [0.25, 0.3) is 11.8 Å². The number of rotatable bonds is 18. The van der Waals surface area contributed by atoms with Crippen molar-refractivity contribution in [3.05, 3.63) is 82.6 Å². The van der Waals surface area contributed by atoms with E-state index in [9.17, 15) is 53.3 Å². The first-order valence-electron chi connectivity index (χ1n) is 18.8. The molecule has 3 aliphatic heterocycles. The summed E-state index contributed by atoms with van der Waals surface area (Å²) in [5, 5.41) is 0.520. The van der Waals surface area contributed by atoms with Gasteiger partial charge < -0.3 is 23.4 Å². The summed E-state index contributed by atoms with van der Waals surface area (Å²) >= 11 is 0. The third kappa shape index (κ3) is 13.8. The molecule has 0 aromatic heterocycles. The van der Waals surface area contributed by atoms with E-state index in [4.69, 9.17) is 4.84 Å². The zero-order valence-electron chi connectivity index (χ0n) is 34.8. The number of fused-ring (bicyclic) bond motifs is 2. The fourth-order valence-electron chi connectivity index (χ4n) is 7.82. The number of allylic oxidation sites excluding steroid dienone is 4. The van der Waals surface area contributed by atoms with Crippen LogP contribution in [0, 0.1) is 0 Å². The molecular formula is C39H47K2N3O13S3. The van der Waals surface area contributed by atoms with Crippen molar-refractivity contribution in [3.63, 3.8) is 0 Å². The Balaban J connectivity index is 0.00000480. The number of benzene rings is 2. The fourth-order valence-corrected chi connectivity index (χ4v) is 9.55. The zero-order valence-corrected chi connectivity index (χ0v) is 43.5. The molecule has 0 N–H and O–H groups in total. The molecule has 0 spiro atoms. The molecule has 316 valence electrons. The number of hydrogen-bond acceptors (Lipinski definition) is 14. The molecule has 0 aliphatic carbocycles. The number of hydrogen-bond donors (Lipinski definition) is 0. The minimum absolute atomic E-state index is 0. The van der Waals surface area contributed by atoms with E-state index in [1.807, 2.05) is 50.8 Å². The Morgan fingerprint density at radius 1 is 0.767 bits per heavy atom. The van der Waals surface area contributed by atoms with Gasteiger partial charge in [0.1, 0.15) is 6.54 Å². The van der Waals surface area contributed by atoms with Crippen LogP contribution in [0.3, 0.4) is 0 Å². The van der Waals surface area contributed by atoms with E-state index in [-0.39, 0.29) is 128 Å². The third-order valence-corrected chi connectivity index (χ3v) is 12.8. The summed E-state index contributed by atoms with van der Waals surface area (Å²) in [7, 11) is -13.5. The van der Waals surface area contributed by atoms with E-state index in [0.29, 0.717) is 55.0 Å². The molecule has 0 radical (unpaired) electrons. The van der Waals surface area contributed by atoms with Crippen molar-refractivity contribution < 1.29 is 165 Å². The minimum atomic E-state index is -4.56. The van der Waals surface area contributed by atoms with Gasteiger partial charge in [0.2, 0.25) is 5.69 Å². The molecule has 5 rings (SSSR count). The SMILES string of the molecule is CC1(C)C(/C=C/C=C2/N(CCCCS(=O)(=O)[O-])c3ccc(CS(=O)(=O)[O-])cc3C2(C)C)=[N+](CCCCCC(=O)ON2C(=O)CCC2=O)c2ccc(CS(=O)(=O)[O-])cc21.[K+].[K+]. The molecule has 0 bridgehead atoms. The second kappa shape index (κ2) is 21.3. The van der Waals surface area contributed by atoms with Crippen LogP contribution in [-0.2, 0) is 71.9 Å². The van der Waals surface area contributed by atoms with Gasteiger partial charge in [-0.1, -0.05) is 38.1 Å². The van der Waals surface area contributed by atoms with E-state index in [2.05, 4.69) is 4.58 Å². The van der Waals surface area contributed by atoms with E-state index < -0.39 is 76.2 Å². The van der Waals surface area contributed by atoms with Gasteiger partial charge in [0.15, 0.2) is 5.71 Å². The Bertz CT molecular complexity index is 2410. The predicted octanol–water partition coefficient (Wildman–Crippen LogP) is -2.11. The van der Waals surface area contributed by atoms with Crippen molar-refractivity contribution in [2.24, 2.45) is 0 Å². The Kier molecular flexibility index (Phi) is 19.0.